The zero-order chi connectivity index (χ0) is 17.1. The van der Waals surface area contributed by atoms with Gasteiger partial charge in [-0.25, -0.2) is 8.78 Å². The Morgan fingerprint density at radius 2 is 2.00 bits per heavy atom. The van der Waals surface area contributed by atoms with Gasteiger partial charge in [0.25, 0.3) is 6.43 Å². The number of hydrogen-bond donors (Lipinski definition) is 1. The molecule has 0 radical (unpaired) electrons. The van der Waals surface area contributed by atoms with Crippen LogP contribution in [0.4, 0.5) is 8.78 Å². The number of benzene rings is 1. The normalized spacial score (nSPS) is 11.8. The lowest BCUT2D eigenvalue weighted by Gasteiger charge is -2.18. The van der Waals surface area contributed by atoms with Crippen molar-refractivity contribution in [1.29, 1.82) is 0 Å². The topological polar surface area (TPSA) is 33.6 Å². The molecule has 0 fully saturated rings. The number of aromatic amines is 1. The average Bonchev–Trinajstić information content (AvgIpc) is 2.88. The summed E-state index contributed by atoms with van der Waals surface area (Å²) in [5.41, 5.74) is 3.38. The molecule has 23 heavy (non-hydrogen) atoms. The molecular weight excluding hydrogens is 316 g/mol. The first-order valence-corrected chi connectivity index (χ1v) is 7.71. The minimum atomic E-state index is -2.73. The quantitative estimate of drug-likeness (QED) is 0.715. The third kappa shape index (κ3) is 3.17. The molecule has 1 aromatic carbocycles. The van der Waals surface area contributed by atoms with Gasteiger partial charge in [-0.3, -0.25) is 9.67 Å². The van der Waals surface area contributed by atoms with E-state index in [1.165, 1.54) is 4.57 Å². The van der Waals surface area contributed by atoms with Gasteiger partial charge in [-0.05, 0) is 42.3 Å². The van der Waals surface area contributed by atoms with Gasteiger partial charge >= 0.3 is 0 Å². The van der Waals surface area contributed by atoms with E-state index in [9.17, 15) is 8.78 Å². The van der Waals surface area contributed by atoms with Crippen LogP contribution < -0.4 is 0 Å². The molecule has 0 saturated carbocycles. The molecule has 0 bridgehead atoms. The van der Waals surface area contributed by atoms with Crippen molar-refractivity contribution in [3.8, 4) is 5.69 Å². The number of allylic oxidation sites excluding steroid dienone is 1. The van der Waals surface area contributed by atoms with E-state index < -0.39 is 12.2 Å². The zero-order valence-electron chi connectivity index (χ0n) is 13.3. The number of hydrogen-bond acceptors (Lipinski definition) is 2. The molecule has 0 aliphatic heterocycles. The molecule has 1 N–H and O–H groups in total. The summed E-state index contributed by atoms with van der Waals surface area (Å²) in [4.78, 5) is 0. The number of aromatic nitrogens is 3. The predicted octanol–water partition coefficient (Wildman–Crippen LogP) is 5.67. The molecule has 0 amide bonds. The van der Waals surface area contributed by atoms with E-state index in [2.05, 4.69) is 30.6 Å². The first kappa shape index (κ1) is 17.3. The largest absolute Gasteiger partial charge is 0.297 e. The minimum absolute atomic E-state index is 0.132. The highest BCUT2D eigenvalue weighted by molar-refractivity contribution is 7.71. The molecule has 2 aromatic rings. The summed E-state index contributed by atoms with van der Waals surface area (Å²) in [5, 5.41) is 6.08. The summed E-state index contributed by atoms with van der Waals surface area (Å²) >= 11 is 5.13. The van der Waals surface area contributed by atoms with Crippen LogP contribution in [-0.2, 0) is 0 Å². The SMILES string of the molecule is C=Cc1c(-n2c(C(F)F)n[nH]c2=S)ccc(C(C)C)c1/C=C\C. The van der Waals surface area contributed by atoms with Crippen LogP contribution in [0.5, 0.6) is 0 Å². The number of nitrogens with zero attached hydrogens (tertiary/aromatic N) is 2. The molecule has 1 heterocycles. The molecule has 0 aliphatic rings. The average molecular weight is 335 g/mol. The second kappa shape index (κ2) is 7.00. The lowest BCUT2D eigenvalue weighted by Crippen LogP contribution is -2.07. The molecule has 6 heteroatoms. The zero-order valence-corrected chi connectivity index (χ0v) is 14.1. The van der Waals surface area contributed by atoms with Crippen LogP contribution in [0.15, 0.2) is 24.8 Å². The summed E-state index contributed by atoms with van der Waals surface area (Å²) in [7, 11) is 0. The maximum atomic E-state index is 13.2. The number of nitrogens with one attached hydrogen (secondary N) is 1. The Kier molecular flexibility index (Phi) is 5.26. The van der Waals surface area contributed by atoms with Gasteiger partial charge in [0.05, 0.1) is 5.69 Å². The molecule has 0 atom stereocenters. The number of alkyl halides is 2. The Labute approximate surface area is 139 Å². The minimum Gasteiger partial charge on any atom is -0.267 e. The molecule has 1 aromatic heterocycles. The van der Waals surface area contributed by atoms with Crippen LogP contribution in [0.25, 0.3) is 17.8 Å². The van der Waals surface area contributed by atoms with Crippen LogP contribution in [-0.4, -0.2) is 14.8 Å². The number of rotatable bonds is 5. The fraction of sp³-hybridized carbons (Fsp3) is 0.294. The molecule has 0 unspecified atom stereocenters. The summed E-state index contributed by atoms with van der Waals surface area (Å²) in [6.45, 7) is 9.94. The van der Waals surface area contributed by atoms with Crippen molar-refractivity contribution < 1.29 is 8.78 Å². The van der Waals surface area contributed by atoms with E-state index in [4.69, 9.17) is 12.2 Å². The van der Waals surface area contributed by atoms with E-state index in [0.29, 0.717) is 11.6 Å². The van der Waals surface area contributed by atoms with Crippen molar-refractivity contribution in [3.05, 3.63) is 52.1 Å². The van der Waals surface area contributed by atoms with Crippen LogP contribution in [0, 0.1) is 4.77 Å². The lowest BCUT2D eigenvalue weighted by molar-refractivity contribution is 0.138. The van der Waals surface area contributed by atoms with Gasteiger partial charge in [0.15, 0.2) is 4.77 Å². The smallest absolute Gasteiger partial charge is 0.267 e. The number of H-pyrrole nitrogens is 1. The van der Waals surface area contributed by atoms with Crippen LogP contribution >= 0.6 is 12.2 Å². The van der Waals surface area contributed by atoms with E-state index in [0.717, 1.165) is 16.7 Å². The van der Waals surface area contributed by atoms with E-state index in [-0.39, 0.29) is 4.77 Å². The molecule has 3 nitrogen and oxygen atoms in total. The van der Waals surface area contributed by atoms with Crippen molar-refractivity contribution >= 4 is 24.4 Å². The van der Waals surface area contributed by atoms with E-state index >= 15 is 0 Å². The Morgan fingerprint density at radius 3 is 2.52 bits per heavy atom. The van der Waals surface area contributed by atoms with E-state index in [1.807, 2.05) is 25.1 Å². The fourth-order valence-electron chi connectivity index (χ4n) is 2.60. The summed E-state index contributed by atoms with van der Waals surface area (Å²) in [6, 6.07) is 3.73. The highest BCUT2D eigenvalue weighted by Gasteiger charge is 2.21. The van der Waals surface area contributed by atoms with Gasteiger partial charge in [-0.2, -0.15) is 5.10 Å². The number of halogens is 2. The molecule has 0 spiro atoms. The first-order valence-electron chi connectivity index (χ1n) is 7.30. The highest BCUT2D eigenvalue weighted by Crippen LogP contribution is 2.31. The standard InChI is InChI=1S/C17H19F2N3S/c1-5-7-13-11(6-2)14(9-8-12(13)10(3)4)22-16(15(18)19)20-21-17(22)23/h5-10,15H,2H2,1,3-4H3,(H,21,23)/b7-5-. The van der Waals surface area contributed by atoms with Crippen LogP contribution in [0.1, 0.15) is 55.6 Å². The third-order valence-corrected chi connectivity index (χ3v) is 3.87. The Balaban J connectivity index is 2.85. The first-order chi connectivity index (χ1) is 10.9. The van der Waals surface area contributed by atoms with Crippen molar-refractivity contribution in [2.45, 2.75) is 33.1 Å². The van der Waals surface area contributed by atoms with Gasteiger partial charge in [-0.15, -0.1) is 0 Å². The van der Waals surface area contributed by atoms with Crippen molar-refractivity contribution in [3.63, 3.8) is 0 Å². The molecular formula is C17H19F2N3S. The van der Waals surface area contributed by atoms with Crippen LogP contribution in [0.3, 0.4) is 0 Å². The van der Waals surface area contributed by atoms with Gasteiger partial charge in [0, 0.05) is 5.56 Å². The second-order valence-corrected chi connectivity index (χ2v) is 5.77. The maximum absolute atomic E-state index is 13.2. The Morgan fingerprint density at radius 1 is 1.30 bits per heavy atom. The monoisotopic (exact) mass is 335 g/mol. The lowest BCUT2D eigenvalue weighted by atomic mass is 9.91. The van der Waals surface area contributed by atoms with Crippen molar-refractivity contribution in [1.82, 2.24) is 14.8 Å². The fourth-order valence-corrected chi connectivity index (χ4v) is 2.83. The summed E-state index contributed by atoms with van der Waals surface area (Å²) in [6.07, 6.45) is 2.82. The van der Waals surface area contributed by atoms with E-state index in [1.54, 1.807) is 12.1 Å². The summed E-state index contributed by atoms with van der Waals surface area (Å²) < 4.78 is 27.9. The predicted molar refractivity (Wildman–Crippen MR) is 92.6 cm³/mol. The third-order valence-electron chi connectivity index (χ3n) is 3.59. The van der Waals surface area contributed by atoms with Crippen LogP contribution in [0.2, 0.25) is 0 Å². The van der Waals surface area contributed by atoms with Gasteiger partial charge in [0.2, 0.25) is 5.82 Å². The van der Waals surface area contributed by atoms with Crippen molar-refractivity contribution in [2.75, 3.05) is 0 Å². The highest BCUT2D eigenvalue weighted by atomic mass is 32.1. The van der Waals surface area contributed by atoms with Gasteiger partial charge in [0.1, 0.15) is 0 Å². The molecule has 0 saturated heterocycles. The summed E-state index contributed by atoms with van der Waals surface area (Å²) in [5.74, 6) is -0.109. The Hall–Kier alpha value is -2.08. The van der Waals surface area contributed by atoms with Crippen molar-refractivity contribution in [2.24, 2.45) is 0 Å². The van der Waals surface area contributed by atoms with Gasteiger partial charge in [-0.1, -0.05) is 44.7 Å². The second-order valence-electron chi connectivity index (χ2n) is 5.38. The van der Waals surface area contributed by atoms with Gasteiger partial charge < -0.3 is 0 Å². The molecule has 2 rings (SSSR count). The Bertz CT molecular complexity index is 801. The molecule has 122 valence electrons. The maximum Gasteiger partial charge on any atom is 0.297 e. The molecule has 0 aliphatic carbocycles.